The maximum absolute atomic E-state index is 12.2. The number of aliphatic hydroxyl groups is 17. The monoisotopic (exact) mass is 1110 g/mol. The summed E-state index contributed by atoms with van der Waals surface area (Å²) in [6, 6.07) is -4.95. The standard InChI is InChI=1S/C42H71N3O31/c1-10(51)43-19-29(61)33(17(8-50)67-37(19)65)73-40-32(64)34(74-42-36(31(63)25(57)16(7-49)71-42)76-39-21(45-12(3)53)28(60)23(55)14(5-47)69-39)26(58)18(72-40)9-66-41-35(30(62)24(56)15(6-48)70-41)75-38-20(44-11(2)52)27(59)22(54)13(4-46)68-38/h13-42,46-50,54-65H,4-9H2,1-3H3,(H,43,51)(H,44,52)(H,45,53)/t13-,14-,15-,16-,17-,18-,19-,20-,21+,22-,23-,24-,25-,26-,27-,28-,29-,30+,31+,32+,33-,34+,35+,36+,37?,38+,39+,40+,41+,42-/m1/s1. The molecule has 1 unspecified atom stereocenters. The quantitative estimate of drug-likeness (QED) is 0.0571. The fraction of sp³-hybridized carbons (Fsp3) is 0.929. The first kappa shape index (κ1) is 62.5. The smallest absolute Gasteiger partial charge is 0.217 e. The summed E-state index contributed by atoms with van der Waals surface area (Å²) >= 11 is 0. The first-order valence-electron chi connectivity index (χ1n) is 24.1. The number of hydrogen-bond donors (Lipinski definition) is 20. The zero-order valence-electron chi connectivity index (χ0n) is 40.9. The van der Waals surface area contributed by atoms with E-state index in [9.17, 15) is 101 Å². The highest BCUT2D eigenvalue weighted by molar-refractivity contribution is 5.74. The molecule has 0 spiro atoms. The van der Waals surface area contributed by atoms with Crippen molar-refractivity contribution in [3.63, 3.8) is 0 Å². The Morgan fingerprint density at radius 2 is 0.697 bits per heavy atom. The van der Waals surface area contributed by atoms with Crippen LogP contribution in [0.25, 0.3) is 0 Å². The van der Waals surface area contributed by atoms with Crippen LogP contribution in [-0.4, -0.2) is 328 Å². The van der Waals surface area contributed by atoms with Crippen molar-refractivity contribution in [3.8, 4) is 0 Å². The van der Waals surface area contributed by atoms with E-state index in [2.05, 4.69) is 16.0 Å². The van der Waals surface area contributed by atoms with Crippen LogP contribution in [0.1, 0.15) is 20.8 Å². The molecule has 6 saturated heterocycles. The van der Waals surface area contributed by atoms with E-state index >= 15 is 0 Å². The number of rotatable bonds is 19. The van der Waals surface area contributed by atoms with Crippen molar-refractivity contribution in [2.75, 3.05) is 39.6 Å². The molecule has 76 heavy (non-hydrogen) atoms. The zero-order valence-corrected chi connectivity index (χ0v) is 40.9. The van der Waals surface area contributed by atoms with Crippen molar-refractivity contribution in [1.29, 1.82) is 0 Å². The van der Waals surface area contributed by atoms with E-state index < -0.39 is 241 Å². The molecule has 0 aromatic rings. The predicted octanol–water partition coefficient (Wildman–Crippen LogP) is -13.7. The minimum atomic E-state index is -2.33. The highest BCUT2D eigenvalue weighted by Gasteiger charge is 2.58. The Labute approximate surface area is 431 Å². The molecule has 0 radical (unpaired) electrons. The van der Waals surface area contributed by atoms with Crippen LogP contribution in [-0.2, 0) is 66.5 Å². The second kappa shape index (κ2) is 27.2. The van der Waals surface area contributed by atoms with Gasteiger partial charge >= 0.3 is 0 Å². The molecule has 30 atom stereocenters. The third-order valence-electron chi connectivity index (χ3n) is 13.6. The molecule has 0 bridgehead atoms. The molecule has 34 heteroatoms. The van der Waals surface area contributed by atoms with Crippen molar-refractivity contribution >= 4 is 17.7 Å². The van der Waals surface area contributed by atoms with Gasteiger partial charge in [0, 0.05) is 20.8 Å². The van der Waals surface area contributed by atoms with Gasteiger partial charge in [0.25, 0.3) is 0 Å². The lowest BCUT2D eigenvalue weighted by Gasteiger charge is -2.50. The SMILES string of the molecule is CC(=O)N[C@@H]1[C@H](O[C@@H]2[C@@H](O[C@@H]3[C@H](O)[C@H](O[C@H]4[C@H](O)[C@@H](NC(C)=O)C(O)O[C@@H]4CO)O[C@H](CO[C@H]4O[C@H](CO)[C@@H](O)[C@H](O)[C@@H]4O[C@@H]4O[C@H](CO)[C@@H](O)[C@H](O)[C@H]4NC(C)=O)[C@H]3O)O[C@H](CO)[C@@H](O)[C@@H]2O)O[C@H](CO)[C@@H](O)[C@@H]1O. The Hall–Kier alpha value is -2.71. The van der Waals surface area contributed by atoms with Gasteiger partial charge in [-0.3, -0.25) is 14.4 Å². The molecular weight excluding hydrogens is 1040 g/mol. The van der Waals surface area contributed by atoms with Crippen molar-refractivity contribution < 1.29 is 153 Å². The predicted molar refractivity (Wildman–Crippen MR) is 234 cm³/mol. The Morgan fingerprint density at radius 1 is 0.342 bits per heavy atom. The van der Waals surface area contributed by atoms with Crippen LogP contribution in [0, 0.1) is 0 Å². The van der Waals surface area contributed by atoms with Crippen molar-refractivity contribution in [1.82, 2.24) is 16.0 Å². The molecule has 6 rings (SSSR count). The number of amides is 3. The minimum absolute atomic E-state index is 0.774. The summed E-state index contributed by atoms with van der Waals surface area (Å²) in [5.74, 6) is -2.35. The first-order valence-corrected chi connectivity index (χ1v) is 24.1. The third kappa shape index (κ3) is 13.7. The molecule has 6 aliphatic heterocycles. The molecule has 6 fully saturated rings. The Morgan fingerprint density at radius 3 is 1.13 bits per heavy atom. The second-order valence-electron chi connectivity index (χ2n) is 19.0. The van der Waals surface area contributed by atoms with Gasteiger partial charge in [0.05, 0.1) is 39.6 Å². The van der Waals surface area contributed by atoms with Gasteiger partial charge in [0.1, 0.15) is 146 Å². The average molecular weight is 1110 g/mol. The number of aliphatic hydroxyl groups excluding tert-OH is 17. The van der Waals surface area contributed by atoms with Crippen LogP contribution in [0.3, 0.4) is 0 Å². The number of carbonyl (C=O) groups is 3. The van der Waals surface area contributed by atoms with Gasteiger partial charge in [0.15, 0.2) is 37.7 Å². The summed E-state index contributed by atoms with van der Waals surface area (Å²) in [4.78, 5) is 36.5. The van der Waals surface area contributed by atoms with Crippen LogP contribution in [0.4, 0.5) is 0 Å². The van der Waals surface area contributed by atoms with Crippen molar-refractivity contribution in [3.05, 3.63) is 0 Å². The van der Waals surface area contributed by atoms with E-state index in [0.29, 0.717) is 0 Å². The van der Waals surface area contributed by atoms with Gasteiger partial charge in [-0.1, -0.05) is 0 Å². The van der Waals surface area contributed by atoms with Gasteiger partial charge in [0.2, 0.25) is 17.7 Å². The first-order chi connectivity index (χ1) is 35.9. The maximum atomic E-state index is 12.2. The lowest BCUT2D eigenvalue weighted by atomic mass is 9.94. The molecular formula is C42H71N3O31. The van der Waals surface area contributed by atoms with E-state index in [0.717, 1.165) is 20.8 Å². The van der Waals surface area contributed by atoms with E-state index in [1.54, 1.807) is 0 Å². The van der Waals surface area contributed by atoms with E-state index in [4.69, 9.17) is 52.1 Å². The van der Waals surface area contributed by atoms with Gasteiger partial charge in [-0.05, 0) is 0 Å². The molecule has 0 saturated carbocycles. The lowest BCUT2D eigenvalue weighted by molar-refractivity contribution is -0.394. The molecule has 0 aliphatic carbocycles. The Balaban J connectivity index is 1.35. The second-order valence-corrected chi connectivity index (χ2v) is 19.0. The summed E-state index contributed by atoms with van der Waals surface area (Å²) in [6.45, 7) is -2.74. The van der Waals surface area contributed by atoms with E-state index in [1.807, 2.05) is 0 Å². The normalized spacial score (nSPS) is 48.2. The van der Waals surface area contributed by atoms with Gasteiger partial charge < -0.3 is 155 Å². The molecule has 20 N–H and O–H groups in total. The highest BCUT2D eigenvalue weighted by Crippen LogP contribution is 2.36. The van der Waals surface area contributed by atoms with Gasteiger partial charge in [-0.2, -0.15) is 0 Å². The molecule has 34 nitrogen and oxygen atoms in total. The van der Waals surface area contributed by atoms with E-state index in [-0.39, 0.29) is 0 Å². The number of hydrogen-bond acceptors (Lipinski definition) is 31. The largest absolute Gasteiger partial charge is 0.394 e. The fourth-order valence-corrected chi connectivity index (χ4v) is 9.58. The van der Waals surface area contributed by atoms with Crippen LogP contribution in [0.15, 0.2) is 0 Å². The van der Waals surface area contributed by atoms with Crippen molar-refractivity contribution in [2.24, 2.45) is 0 Å². The molecule has 6 aliphatic rings. The summed E-state index contributed by atoms with van der Waals surface area (Å²) in [5.41, 5.74) is 0. The van der Waals surface area contributed by atoms with Crippen LogP contribution < -0.4 is 16.0 Å². The summed E-state index contributed by atoms with van der Waals surface area (Å²) in [6.07, 6.45) is -52.5. The molecule has 6 heterocycles. The van der Waals surface area contributed by atoms with Gasteiger partial charge in [-0.25, -0.2) is 0 Å². The number of ether oxygens (including phenoxy) is 11. The van der Waals surface area contributed by atoms with Gasteiger partial charge in [-0.15, -0.1) is 0 Å². The van der Waals surface area contributed by atoms with Crippen LogP contribution >= 0.6 is 0 Å². The number of carbonyl (C=O) groups excluding carboxylic acids is 3. The summed E-state index contributed by atoms with van der Waals surface area (Å²) < 4.78 is 64.0. The highest BCUT2D eigenvalue weighted by atomic mass is 16.8. The summed E-state index contributed by atoms with van der Waals surface area (Å²) in [5, 5.41) is 191. The van der Waals surface area contributed by atoms with Crippen LogP contribution in [0.5, 0.6) is 0 Å². The van der Waals surface area contributed by atoms with Crippen molar-refractivity contribution in [2.45, 2.75) is 205 Å². The minimum Gasteiger partial charge on any atom is -0.394 e. The molecule has 0 aromatic heterocycles. The molecule has 440 valence electrons. The Bertz CT molecular complexity index is 1870. The zero-order chi connectivity index (χ0) is 56.2. The molecule has 0 aromatic carbocycles. The summed E-state index contributed by atoms with van der Waals surface area (Å²) in [7, 11) is 0. The lowest BCUT2D eigenvalue weighted by Crippen LogP contribution is -2.69. The molecule has 3 amide bonds. The van der Waals surface area contributed by atoms with Crippen LogP contribution in [0.2, 0.25) is 0 Å². The average Bonchev–Trinajstić information content (AvgIpc) is 3.38. The van der Waals surface area contributed by atoms with E-state index in [1.165, 1.54) is 0 Å². The Kier molecular flexibility index (Phi) is 22.3. The maximum Gasteiger partial charge on any atom is 0.217 e. The topological polar surface area (TPSA) is 533 Å². The number of nitrogens with one attached hydrogen (secondary N) is 3. The fourth-order valence-electron chi connectivity index (χ4n) is 9.58. The third-order valence-corrected chi connectivity index (χ3v) is 13.6.